The molecule has 114 valence electrons. The van der Waals surface area contributed by atoms with Crippen LogP contribution in [0.15, 0.2) is 77.6 Å². The van der Waals surface area contributed by atoms with E-state index < -0.39 is 0 Å². The van der Waals surface area contributed by atoms with Gasteiger partial charge in [-0.3, -0.25) is 0 Å². The quantitative estimate of drug-likeness (QED) is 0.832. The first kappa shape index (κ1) is 15.2. The monoisotopic (exact) mass is 309 g/mol. The maximum Gasteiger partial charge on any atom is 0.0207 e. The van der Waals surface area contributed by atoms with Crippen LogP contribution in [0.2, 0.25) is 0 Å². The Morgan fingerprint density at radius 1 is 1.18 bits per heavy atom. The fourth-order valence-corrected chi connectivity index (χ4v) is 4.31. The van der Waals surface area contributed by atoms with Gasteiger partial charge in [0.1, 0.15) is 0 Å². The van der Waals surface area contributed by atoms with Crippen LogP contribution in [0.3, 0.4) is 0 Å². The molecule has 0 bridgehead atoms. The van der Waals surface area contributed by atoms with Gasteiger partial charge in [0.05, 0.1) is 0 Å². The van der Waals surface area contributed by atoms with Gasteiger partial charge in [-0.15, -0.1) is 0 Å². The van der Waals surface area contributed by atoms with E-state index in [1.54, 1.807) is 0 Å². The van der Waals surface area contributed by atoms with Gasteiger partial charge in [-0.2, -0.15) is 11.8 Å². The first-order valence-electron chi connectivity index (χ1n) is 7.89. The van der Waals surface area contributed by atoms with Crippen LogP contribution in [0.4, 0.5) is 0 Å². The molecule has 0 aromatic heterocycles. The Bertz CT molecular complexity index is 637. The largest absolute Gasteiger partial charge is 0.402 e. The fourth-order valence-electron chi connectivity index (χ4n) is 3.13. The van der Waals surface area contributed by atoms with Crippen molar-refractivity contribution in [2.75, 3.05) is 11.5 Å². The fraction of sp³-hybridized carbons (Fsp3) is 0.300. The van der Waals surface area contributed by atoms with Crippen molar-refractivity contribution in [3.05, 3.63) is 83.1 Å². The second kappa shape index (κ2) is 7.06. The Morgan fingerprint density at radius 2 is 2.00 bits per heavy atom. The topological polar surface area (TPSA) is 26.0 Å². The summed E-state index contributed by atoms with van der Waals surface area (Å²) in [7, 11) is 0. The van der Waals surface area contributed by atoms with Crippen molar-refractivity contribution >= 4 is 11.8 Å². The lowest BCUT2D eigenvalue weighted by molar-refractivity contribution is 0.833. The standard InChI is InChI=1S/C20H23NS/c1-15-18(17-10-6-3-7-11-17)12-20(21)19(15)14-22-13-16-8-4-2-5-9-16/h2-4,6-8,10-11,18H,1,5,9,12-14,21H2. The molecule has 0 fully saturated rings. The van der Waals surface area contributed by atoms with Crippen LogP contribution in [0.5, 0.6) is 0 Å². The van der Waals surface area contributed by atoms with Crippen molar-refractivity contribution in [3.63, 3.8) is 0 Å². The number of benzene rings is 1. The second-order valence-corrected chi connectivity index (χ2v) is 6.97. The zero-order valence-corrected chi connectivity index (χ0v) is 13.7. The number of hydrogen-bond donors (Lipinski definition) is 1. The molecule has 2 heteroatoms. The molecule has 0 saturated carbocycles. The lowest BCUT2D eigenvalue weighted by atomic mass is 9.92. The molecule has 3 rings (SSSR count). The third-order valence-electron chi connectivity index (χ3n) is 4.46. The van der Waals surface area contributed by atoms with Crippen LogP contribution in [-0.4, -0.2) is 11.5 Å². The maximum absolute atomic E-state index is 6.30. The van der Waals surface area contributed by atoms with Gasteiger partial charge in [0.2, 0.25) is 0 Å². The first-order valence-corrected chi connectivity index (χ1v) is 9.05. The summed E-state index contributed by atoms with van der Waals surface area (Å²) in [6.45, 7) is 4.33. The Kier molecular flexibility index (Phi) is 4.89. The predicted molar refractivity (Wildman–Crippen MR) is 97.9 cm³/mol. The molecule has 2 aliphatic rings. The highest BCUT2D eigenvalue weighted by atomic mass is 32.2. The van der Waals surface area contributed by atoms with Crippen LogP contribution in [0.1, 0.15) is 30.7 Å². The Hall–Kier alpha value is -1.67. The Labute approximate surface area is 137 Å². The maximum atomic E-state index is 6.30. The number of thioether (sulfide) groups is 1. The average Bonchev–Trinajstić information content (AvgIpc) is 2.85. The van der Waals surface area contributed by atoms with Crippen molar-refractivity contribution in [2.45, 2.75) is 25.2 Å². The Balaban J connectivity index is 1.59. The minimum atomic E-state index is 0.369. The van der Waals surface area contributed by atoms with Crippen LogP contribution in [-0.2, 0) is 0 Å². The third kappa shape index (κ3) is 3.38. The van der Waals surface area contributed by atoms with Gasteiger partial charge in [0, 0.05) is 23.1 Å². The smallest absolute Gasteiger partial charge is 0.0207 e. The Morgan fingerprint density at radius 3 is 2.73 bits per heavy atom. The molecule has 1 atom stereocenters. The third-order valence-corrected chi connectivity index (χ3v) is 5.52. The van der Waals surface area contributed by atoms with Crippen LogP contribution in [0.25, 0.3) is 0 Å². The van der Waals surface area contributed by atoms with Gasteiger partial charge >= 0.3 is 0 Å². The molecule has 1 nitrogen and oxygen atoms in total. The number of rotatable bonds is 5. The molecule has 0 amide bonds. The summed E-state index contributed by atoms with van der Waals surface area (Å²) in [4.78, 5) is 0. The summed E-state index contributed by atoms with van der Waals surface area (Å²) in [5.74, 6) is 2.45. The van der Waals surface area contributed by atoms with Crippen molar-refractivity contribution in [1.29, 1.82) is 0 Å². The summed E-state index contributed by atoms with van der Waals surface area (Å²) in [5, 5.41) is 0. The van der Waals surface area contributed by atoms with Crippen molar-refractivity contribution < 1.29 is 0 Å². The molecule has 2 aliphatic carbocycles. The van der Waals surface area contributed by atoms with Gasteiger partial charge in [0.15, 0.2) is 0 Å². The van der Waals surface area contributed by atoms with Crippen LogP contribution < -0.4 is 5.73 Å². The first-order chi connectivity index (χ1) is 10.8. The second-order valence-electron chi connectivity index (χ2n) is 5.98. The van der Waals surface area contributed by atoms with Crippen molar-refractivity contribution in [3.8, 4) is 0 Å². The number of allylic oxidation sites excluding steroid dienone is 5. The van der Waals surface area contributed by atoms with Gasteiger partial charge in [0.25, 0.3) is 0 Å². The zero-order chi connectivity index (χ0) is 15.4. The van der Waals surface area contributed by atoms with E-state index >= 15 is 0 Å². The molecule has 0 saturated heterocycles. The molecule has 1 aromatic rings. The minimum Gasteiger partial charge on any atom is -0.402 e. The van der Waals surface area contributed by atoms with Gasteiger partial charge in [-0.1, -0.05) is 60.7 Å². The van der Waals surface area contributed by atoms with Crippen LogP contribution >= 0.6 is 11.8 Å². The zero-order valence-electron chi connectivity index (χ0n) is 12.9. The molecular weight excluding hydrogens is 286 g/mol. The summed E-state index contributed by atoms with van der Waals surface area (Å²) < 4.78 is 0. The van der Waals surface area contributed by atoms with E-state index in [0.29, 0.717) is 5.92 Å². The summed E-state index contributed by atoms with van der Waals surface area (Å²) in [6, 6.07) is 10.6. The molecular formula is C20H23NS. The highest BCUT2D eigenvalue weighted by Crippen LogP contribution is 2.41. The molecule has 0 spiro atoms. The molecule has 22 heavy (non-hydrogen) atoms. The molecule has 0 aliphatic heterocycles. The van der Waals surface area contributed by atoms with E-state index in [1.807, 2.05) is 11.8 Å². The summed E-state index contributed by atoms with van der Waals surface area (Å²) in [5.41, 5.74) is 12.7. The number of nitrogens with two attached hydrogens (primary N) is 1. The lowest BCUT2D eigenvalue weighted by Gasteiger charge is -2.14. The van der Waals surface area contributed by atoms with Gasteiger partial charge in [-0.25, -0.2) is 0 Å². The van der Waals surface area contributed by atoms with E-state index in [9.17, 15) is 0 Å². The highest BCUT2D eigenvalue weighted by molar-refractivity contribution is 7.99. The molecule has 1 aromatic carbocycles. The van der Waals surface area contributed by atoms with E-state index in [-0.39, 0.29) is 0 Å². The molecule has 2 N–H and O–H groups in total. The normalized spacial score (nSPS) is 21.4. The predicted octanol–water partition coefficient (Wildman–Crippen LogP) is 4.95. The summed E-state index contributed by atoms with van der Waals surface area (Å²) >= 11 is 1.96. The lowest BCUT2D eigenvalue weighted by Crippen LogP contribution is -2.00. The minimum absolute atomic E-state index is 0.369. The van der Waals surface area contributed by atoms with Gasteiger partial charge < -0.3 is 5.73 Å². The molecule has 0 heterocycles. The molecule has 0 radical (unpaired) electrons. The van der Waals surface area contributed by atoms with Crippen LogP contribution in [0, 0.1) is 0 Å². The average molecular weight is 309 g/mol. The van der Waals surface area contributed by atoms with E-state index in [2.05, 4.69) is 55.1 Å². The summed E-state index contributed by atoms with van der Waals surface area (Å²) in [6.07, 6.45) is 9.96. The molecule has 1 unspecified atom stereocenters. The van der Waals surface area contributed by atoms with Crippen molar-refractivity contribution in [2.24, 2.45) is 5.73 Å². The van der Waals surface area contributed by atoms with E-state index in [0.717, 1.165) is 23.6 Å². The highest BCUT2D eigenvalue weighted by Gasteiger charge is 2.27. The van der Waals surface area contributed by atoms with E-state index in [4.69, 9.17) is 5.73 Å². The SMILES string of the molecule is C=C1C(CSCC2=CC=CCC2)=C(N)CC1c1ccccc1. The van der Waals surface area contributed by atoms with Crippen molar-refractivity contribution in [1.82, 2.24) is 0 Å². The number of hydrogen-bond acceptors (Lipinski definition) is 2. The van der Waals surface area contributed by atoms with Gasteiger partial charge in [-0.05, 0) is 36.0 Å². The van der Waals surface area contributed by atoms with E-state index in [1.165, 1.54) is 35.1 Å².